The first-order valence-corrected chi connectivity index (χ1v) is 21.2. The number of para-hydroxylation sites is 1. The van der Waals surface area contributed by atoms with Crippen molar-refractivity contribution in [2.75, 3.05) is 62.5 Å². The number of pyridine rings is 1. The Labute approximate surface area is 345 Å². The van der Waals surface area contributed by atoms with Gasteiger partial charge in [0, 0.05) is 80.4 Å². The van der Waals surface area contributed by atoms with Crippen molar-refractivity contribution in [2.45, 2.75) is 55.6 Å². The molecule has 4 heterocycles. The molecule has 1 aliphatic carbocycles. The average Bonchev–Trinajstić information content (AvgIpc) is 3.79. The van der Waals surface area contributed by atoms with Gasteiger partial charge in [0.2, 0.25) is 18.1 Å². The van der Waals surface area contributed by atoms with Crippen LogP contribution in [-0.2, 0) is 23.9 Å². The monoisotopic (exact) mass is 854 g/mol. The molecular weight excluding hydrogens is 812 g/mol. The van der Waals surface area contributed by atoms with Gasteiger partial charge in [0.1, 0.15) is 28.2 Å². The number of aromatic hydroxyl groups is 1. The molecule has 7 rings (SSSR count). The molecule has 3 aromatic rings. The number of fused-ring (bicyclic) bond motifs is 1. The van der Waals surface area contributed by atoms with Crippen molar-refractivity contribution in [3.63, 3.8) is 0 Å². The van der Waals surface area contributed by atoms with Crippen molar-refractivity contribution in [1.82, 2.24) is 19.7 Å². The Bertz CT molecular complexity index is 2230. The number of carboxylic acid groups (broad SMARTS) is 2. The molecule has 0 radical (unpaired) electrons. The fraction of sp³-hybridized carbons (Fsp3) is 0.462. The Morgan fingerprint density at radius 1 is 0.983 bits per heavy atom. The number of amides is 2. The highest BCUT2D eigenvalue weighted by molar-refractivity contribution is 8.14. The number of piperazine rings is 1. The molecule has 4 N–H and O–H groups in total. The van der Waals surface area contributed by atoms with Crippen LogP contribution in [0.2, 0.25) is 0 Å². The lowest BCUT2D eigenvalue weighted by molar-refractivity contribution is -0.153. The van der Waals surface area contributed by atoms with Gasteiger partial charge in [-0.2, -0.15) is 0 Å². The predicted molar refractivity (Wildman–Crippen MR) is 217 cm³/mol. The molecule has 1 saturated carbocycles. The average molecular weight is 855 g/mol. The minimum absolute atomic E-state index is 0.00862. The number of aromatic nitrogens is 1. The standard InChI is InChI=1S/C39H43FN6O11S2/c40-26-16-24-28(46(22-6-7-22)18-25(34(24)50)37(51)52)17-29(26)43-12-14-44(15-13-43)39(55)57-21-56-33(49)9-8-32(48)41-10-3-11-45-30(38(53)54)20-59-36(45)27-19-58-35(42-27)23-4-1-2-5-31(23)47/h1-2,4-5,16-18,22,27,30,36,47H,3,6-15,19-21H2,(H,41,48)(H,51,52)(H,53,54)/t27-,30+,36?/m1/s1. The maximum atomic E-state index is 15.3. The van der Waals surface area contributed by atoms with E-state index in [2.05, 4.69) is 5.32 Å². The summed E-state index contributed by atoms with van der Waals surface area (Å²) in [7, 11) is 0. The number of aliphatic carboxylic acids is 1. The summed E-state index contributed by atoms with van der Waals surface area (Å²) in [5.41, 5.74) is 0.148. The van der Waals surface area contributed by atoms with Crippen LogP contribution in [0.5, 0.6) is 5.75 Å². The van der Waals surface area contributed by atoms with Gasteiger partial charge in [0.25, 0.3) is 0 Å². The molecular formula is C39H43FN6O11S2. The Balaban J connectivity index is 0.806. The van der Waals surface area contributed by atoms with Crippen molar-refractivity contribution in [3.8, 4) is 5.75 Å². The van der Waals surface area contributed by atoms with Gasteiger partial charge in [-0.3, -0.25) is 29.1 Å². The van der Waals surface area contributed by atoms with Gasteiger partial charge >= 0.3 is 24.0 Å². The fourth-order valence-corrected chi connectivity index (χ4v) is 10.1. The summed E-state index contributed by atoms with van der Waals surface area (Å²) in [6.07, 6.45) is 2.25. The number of anilines is 1. The highest BCUT2D eigenvalue weighted by Gasteiger charge is 2.43. The molecule has 2 aromatic carbocycles. The molecule has 0 spiro atoms. The first-order chi connectivity index (χ1) is 28.4. The molecule has 20 heteroatoms. The van der Waals surface area contributed by atoms with Crippen LogP contribution in [0.4, 0.5) is 14.9 Å². The minimum atomic E-state index is -1.37. The number of phenolic OH excluding ortho intramolecular Hbond substituents is 1. The third-order valence-electron chi connectivity index (χ3n) is 10.6. The van der Waals surface area contributed by atoms with Crippen molar-refractivity contribution in [2.24, 2.45) is 4.99 Å². The SMILES string of the molecule is O=C(CCC(=O)OCOC(=O)N1CCN(c2cc3c(cc2F)c(=O)c(C(=O)O)cn3C2CC2)CC1)NCCCN1C([C@H]2CSC(c3ccccc3O)=N2)SC[C@H]1C(=O)O. The van der Waals surface area contributed by atoms with Gasteiger partial charge in [-0.1, -0.05) is 12.1 Å². The van der Waals surface area contributed by atoms with Crippen LogP contribution < -0.4 is 15.6 Å². The number of thioether (sulfide) groups is 2. The summed E-state index contributed by atoms with van der Waals surface area (Å²) in [6.45, 7) is 0.809. The van der Waals surface area contributed by atoms with Gasteiger partial charge in [-0.15, -0.1) is 23.5 Å². The second kappa shape index (κ2) is 18.3. The fourth-order valence-electron chi connectivity index (χ4n) is 7.36. The first-order valence-electron chi connectivity index (χ1n) is 19.2. The normalized spacial score (nSPS) is 20.7. The molecule has 2 amide bonds. The van der Waals surface area contributed by atoms with Crippen molar-refractivity contribution in [1.29, 1.82) is 0 Å². The molecule has 3 fully saturated rings. The van der Waals surface area contributed by atoms with Crippen LogP contribution in [-0.4, -0.2) is 140 Å². The number of nitrogens with one attached hydrogen (secondary N) is 1. The van der Waals surface area contributed by atoms with E-state index >= 15 is 4.39 Å². The van der Waals surface area contributed by atoms with Crippen molar-refractivity contribution >= 4 is 75.1 Å². The quantitative estimate of drug-likeness (QED) is 0.0979. The van der Waals surface area contributed by atoms with Crippen molar-refractivity contribution in [3.05, 3.63) is 69.8 Å². The van der Waals surface area contributed by atoms with Gasteiger partial charge in [-0.05, 0) is 43.5 Å². The summed E-state index contributed by atoms with van der Waals surface area (Å²) in [5.74, 6) is -2.93. The number of phenols is 1. The zero-order chi connectivity index (χ0) is 41.8. The number of hydrogen-bond acceptors (Lipinski definition) is 14. The molecule has 17 nitrogen and oxygen atoms in total. The zero-order valence-electron chi connectivity index (χ0n) is 31.8. The van der Waals surface area contributed by atoms with Crippen LogP contribution in [0, 0.1) is 5.82 Å². The second-order valence-electron chi connectivity index (χ2n) is 14.5. The third kappa shape index (κ3) is 9.60. The van der Waals surface area contributed by atoms with Crippen LogP contribution in [0.3, 0.4) is 0 Å². The molecule has 2 saturated heterocycles. The third-order valence-corrected chi connectivity index (χ3v) is 13.1. The van der Waals surface area contributed by atoms with E-state index in [1.165, 1.54) is 34.6 Å². The summed E-state index contributed by atoms with van der Waals surface area (Å²) in [5, 5.41) is 32.9. The van der Waals surface area contributed by atoms with E-state index in [0.29, 0.717) is 40.6 Å². The molecule has 3 aliphatic heterocycles. The van der Waals surface area contributed by atoms with Gasteiger partial charge in [0.15, 0.2) is 0 Å². The molecule has 1 aromatic heterocycles. The van der Waals surface area contributed by atoms with E-state index in [1.807, 2.05) is 11.0 Å². The van der Waals surface area contributed by atoms with Crippen LogP contribution in [0.25, 0.3) is 10.9 Å². The Hall–Kier alpha value is -5.34. The second-order valence-corrected chi connectivity index (χ2v) is 16.7. The maximum absolute atomic E-state index is 15.3. The number of ether oxygens (including phenoxy) is 2. The smallest absolute Gasteiger partial charge is 0.412 e. The topological polar surface area (TPSA) is 221 Å². The highest BCUT2D eigenvalue weighted by Crippen LogP contribution is 2.40. The Kier molecular flexibility index (Phi) is 13.0. The van der Waals surface area contributed by atoms with E-state index in [9.17, 15) is 44.1 Å². The molecule has 314 valence electrons. The largest absolute Gasteiger partial charge is 0.507 e. The van der Waals surface area contributed by atoms with E-state index in [4.69, 9.17) is 14.5 Å². The number of carboxylic acids is 2. The Morgan fingerprint density at radius 2 is 1.75 bits per heavy atom. The van der Waals surface area contributed by atoms with E-state index in [-0.39, 0.29) is 79.8 Å². The Morgan fingerprint density at radius 3 is 2.46 bits per heavy atom. The van der Waals surface area contributed by atoms with Crippen LogP contribution in [0.15, 0.2) is 52.4 Å². The number of rotatable bonds is 15. The zero-order valence-corrected chi connectivity index (χ0v) is 33.4. The number of aliphatic imine (C=N–C) groups is 1. The number of esters is 1. The molecule has 3 atom stereocenters. The van der Waals surface area contributed by atoms with Crippen molar-refractivity contribution < 1.29 is 53.2 Å². The van der Waals surface area contributed by atoms with Crippen LogP contribution >= 0.6 is 23.5 Å². The summed E-state index contributed by atoms with van der Waals surface area (Å²) in [6, 6.07) is 8.73. The van der Waals surface area contributed by atoms with Gasteiger partial charge in [-0.25, -0.2) is 14.0 Å². The number of carbonyl (C=O) groups excluding carboxylic acids is 3. The van der Waals surface area contributed by atoms with E-state index < -0.39 is 59.6 Å². The number of hydrogen-bond donors (Lipinski definition) is 4. The highest BCUT2D eigenvalue weighted by atomic mass is 32.2. The van der Waals surface area contributed by atoms with E-state index in [1.54, 1.807) is 33.7 Å². The molecule has 0 bridgehead atoms. The first kappa shape index (κ1) is 41.8. The lowest BCUT2D eigenvalue weighted by Crippen LogP contribution is -2.49. The van der Waals surface area contributed by atoms with Gasteiger partial charge < -0.3 is 44.5 Å². The molecule has 59 heavy (non-hydrogen) atoms. The summed E-state index contributed by atoms with van der Waals surface area (Å²) < 4.78 is 27.1. The number of nitrogens with zero attached hydrogens (tertiary/aromatic N) is 5. The maximum Gasteiger partial charge on any atom is 0.412 e. The number of halogens is 1. The van der Waals surface area contributed by atoms with E-state index in [0.717, 1.165) is 18.9 Å². The van der Waals surface area contributed by atoms with Crippen LogP contribution in [0.1, 0.15) is 54.1 Å². The number of aromatic carboxylic acids is 1. The predicted octanol–water partition coefficient (Wildman–Crippen LogP) is 3.32. The summed E-state index contributed by atoms with van der Waals surface area (Å²) in [4.78, 5) is 83.7. The lowest BCUT2D eigenvalue weighted by atomic mass is 10.1. The minimum Gasteiger partial charge on any atom is -0.507 e. The summed E-state index contributed by atoms with van der Waals surface area (Å²) >= 11 is 3.06. The molecule has 4 aliphatic rings. The number of carbonyl (C=O) groups is 5. The number of benzene rings is 2. The molecule has 1 unspecified atom stereocenters. The lowest BCUT2D eigenvalue weighted by Gasteiger charge is -2.35. The van der Waals surface area contributed by atoms with Gasteiger partial charge in [0.05, 0.1) is 29.0 Å².